The first kappa shape index (κ1) is 21.5. The summed E-state index contributed by atoms with van der Waals surface area (Å²) in [6, 6.07) is 4.47. The molecule has 28 heavy (non-hydrogen) atoms. The molecular formula is C23H33F3O2. The minimum atomic E-state index is -3.00. The standard InChI is InChI=1S/C23H33F3O2/c1-2-3-4-5-12-27-20-10-8-17-13-16(6-7-18(17)14-20)19-9-11-22(21(24)15-19)28-23(25)26/h9,11,15-18,20,23H,2-8,10,12-14H2,1H3. The van der Waals surface area contributed by atoms with Gasteiger partial charge in [0.05, 0.1) is 6.10 Å². The van der Waals surface area contributed by atoms with E-state index in [4.69, 9.17) is 4.74 Å². The SMILES string of the molecule is CCCCCCOC1CCC2CC(c3ccc(OC(F)F)c(F)c3)CCC2C1. The van der Waals surface area contributed by atoms with Crippen molar-refractivity contribution in [1.82, 2.24) is 0 Å². The first-order valence-corrected chi connectivity index (χ1v) is 10.9. The van der Waals surface area contributed by atoms with E-state index >= 15 is 0 Å². The van der Waals surface area contributed by atoms with Crippen molar-refractivity contribution in [2.75, 3.05) is 6.61 Å². The van der Waals surface area contributed by atoms with Crippen molar-refractivity contribution in [3.8, 4) is 5.75 Å². The van der Waals surface area contributed by atoms with Crippen molar-refractivity contribution in [1.29, 1.82) is 0 Å². The summed E-state index contributed by atoms with van der Waals surface area (Å²) < 4.78 is 49.0. The molecule has 4 unspecified atom stereocenters. The predicted octanol–water partition coefficient (Wildman–Crippen LogP) is 7.08. The monoisotopic (exact) mass is 398 g/mol. The predicted molar refractivity (Wildman–Crippen MR) is 104 cm³/mol. The lowest BCUT2D eigenvalue weighted by atomic mass is 9.65. The Bertz CT molecular complexity index is 608. The van der Waals surface area contributed by atoms with Crippen molar-refractivity contribution < 1.29 is 22.6 Å². The van der Waals surface area contributed by atoms with Crippen LogP contribution in [0.25, 0.3) is 0 Å². The maximum atomic E-state index is 14.1. The van der Waals surface area contributed by atoms with Crippen molar-refractivity contribution in [3.05, 3.63) is 29.6 Å². The molecular weight excluding hydrogens is 365 g/mol. The van der Waals surface area contributed by atoms with Crippen molar-refractivity contribution in [2.45, 2.75) is 89.8 Å². The number of hydrogen-bond donors (Lipinski definition) is 0. The Morgan fingerprint density at radius 1 is 1.00 bits per heavy atom. The van der Waals surface area contributed by atoms with E-state index in [-0.39, 0.29) is 5.75 Å². The number of alkyl halides is 2. The van der Waals surface area contributed by atoms with Crippen LogP contribution in [0.2, 0.25) is 0 Å². The zero-order chi connectivity index (χ0) is 19.9. The van der Waals surface area contributed by atoms with Gasteiger partial charge >= 0.3 is 6.61 Å². The lowest BCUT2D eigenvalue weighted by Crippen LogP contribution is -2.34. The van der Waals surface area contributed by atoms with E-state index in [1.165, 1.54) is 37.8 Å². The summed E-state index contributed by atoms with van der Waals surface area (Å²) in [6.07, 6.45) is 12.0. The van der Waals surface area contributed by atoms with Gasteiger partial charge in [0, 0.05) is 6.61 Å². The smallest absolute Gasteiger partial charge is 0.387 e. The molecule has 0 aromatic heterocycles. The molecule has 0 heterocycles. The fourth-order valence-corrected chi connectivity index (χ4v) is 5.04. The van der Waals surface area contributed by atoms with Gasteiger partial charge in [0.2, 0.25) is 0 Å². The van der Waals surface area contributed by atoms with Crippen LogP contribution < -0.4 is 4.74 Å². The Morgan fingerprint density at radius 2 is 1.79 bits per heavy atom. The topological polar surface area (TPSA) is 18.5 Å². The highest BCUT2D eigenvalue weighted by atomic mass is 19.3. The number of ether oxygens (including phenoxy) is 2. The second-order valence-corrected chi connectivity index (χ2v) is 8.47. The molecule has 0 aliphatic heterocycles. The van der Waals surface area contributed by atoms with Gasteiger partial charge < -0.3 is 9.47 Å². The fraction of sp³-hybridized carbons (Fsp3) is 0.739. The van der Waals surface area contributed by atoms with Gasteiger partial charge in [-0.25, -0.2) is 4.39 Å². The van der Waals surface area contributed by atoms with Crippen LogP contribution in [0.5, 0.6) is 5.75 Å². The molecule has 1 aromatic rings. The number of rotatable bonds is 9. The highest BCUT2D eigenvalue weighted by Crippen LogP contribution is 2.47. The summed E-state index contributed by atoms with van der Waals surface area (Å²) >= 11 is 0. The molecule has 3 rings (SSSR count). The molecule has 4 atom stereocenters. The van der Waals surface area contributed by atoms with E-state index in [1.54, 1.807) is 6.07 Å². The van der Waals surface area contributed by atoms with Gasteiger partial charge in [0.1, 0.15) is 0 Å². The molecule has 0 bridgehead atoms. The third kappa shape index (κ3) is 5.88. The molecule has 2 nitrogen and oxygen atoms in total. The van der Waals surface area contributed by atoms with Gasteiger partial charge in [0.25, 0.3) is 0 Å². The van der Waals surface area contributed by atoms with E-state index in [1.807, 2.05) is 0 Å². The highest BCUT2D eigenvalue weighted by Gasteiger charge is 2.36. The van der Waals surface area contributed by atoms with E-state index in [2.05, 4.69) is 11.7 Å². The first-order valence-electron chi connectivity index (χ1n) is 10.9. The molecule has 2 aliphatic carbocycles. The number of halogens is 3. The quantitative estimate of drug-likeness (QED) is 0.414. The highest BCUT2D eigenvalue weighted by molar-refractivity contribution is 5.31. The van der Waals surface area contributed by atoms with Crippen LogP contribution in [-0.2, 0) is 4.74 Å². The molecule has 158 valence electrons. The van der Waals surface area contributed by atoms with Crippen LogP contribution in [0, 0.1) is 17.7 Å². The van der Waals surface area contributed by atoms with Gasteiger partial charge in [-0.05, 0) is 80.4 Å². The second kappa shape index (κ2) is 10.5. The third-order valence-corrected chi connectivity index (χ3v) is 6.56. The zero-order valence-corrected chi connectivity index (χ0v) is 16.8. The Labute approximate surface area is 166 Å². The largest absolute Gasteiger partial charge is 0.432 e. The van der Waals surface area contributed by atoms with E-state index in [0.29, 0.717) is 23.9 Å². The summed E-state index contributed by atoms with van der Waals surface area (Å²) in [6.45, 7) is 0.106. The Hall–Kier alpha value is -1.23. The molecule has 2 saturated carbocycles. The number of unbranched alkanes of at least 4 members (excludes halogenated alkanes) is 3. The molecule has 0 N–H and O–H groups in total. The number of fused-ring (bicyclic) bond motifs is 1. The number of hydrogen-bond acceptors (Lipinski definition) is 2. The van der Waals surface area contributed by atoms with E-state index in [9.17, 15) is 13.2 Å². The second-order valence-electron chi connectivity index (χ2n) is 8.47. The van der Waals surface area contributed by atoms with Crippen LogP contribution in [0.15, 0.2) is 18.2 Å². The van der Waals surface area contributed by atoms with Crippen LogP contribution >= 0.6 is 0 Å². The third-order valence-electron chi connectivity index (χ3n) is 6.56. The molecule has 1 aromatic carbocycles. The van der Waals surface area contributed by atoms with Crippen LogP contribution in [-0.4, -0.2) is 19.3 Å². The summed E-state index contributed by atoms with van der Waals surface area (Å²) in [4.78, 5) is 0. The molecule has 0 radical (unpaired) electrons. The summed E-state index contributed by atoms with van der Waals surface area (Å²) in [7, 11) is 0. The normalized spacial score (nSPS) is 27.6. The summed E-state index contributed by atoms with van der Waals surface area (Å²) in [5.41, 5.74) is 0.909. The summed E-state index contributed by atoms with van der Waals surface area (Å²) in [5, 5.41) is 0. The Morgan fingerprint density at radius 3 is 2.54 bits per heavy atom. The number of benzene rings is 1. The van der Waals surface area contributed by atoms with E-state index in [0.717, 1.165) is 50.7 Å². The average molecular weight is 399 g/mol. The van der Waals surface area contributed by atoms with Crippen LogP contribution in [0.4, 0.5) is 13.2 Å². The van der Waals surface area contributed by atoms with Crippen molar-refractivity contribution in [3.63, 3.8) is 0 Å². The fourth-order valence-electron chi connectivity index (χ4n) is 5.04. The maximum Gasteiger partial charge on any atom is 0.387 e. The minimum absolute atomic E-state index is 0.308. The Balaban J connectivity index is 1.48. The first-order chi connectivity index (χ1) is 13.6. The van der Waals surface area contributed by atoms with Gasteiger partial charge in [-0.2, -0.15) is 8.78 Å². The zero-order valence-electron chi connectivity index (χ0n) is 16.8. The molecule has 0 amide bonds. The lowest BCUT2D eigenvalue weighted by Gasteiger charge is -2.42. The van der Waals surface area contributed by atoms with Gasteiger partial charge in [-0.15, -0.1) is 0 Å². The Kier molecular flexibility index (Phi) is 8.07. The van der Waals surface area contributed by atoms with Gasteiger partial charge in [-0.3, -0.25) is 0 Å². The van der Waals surface area contributed by atoms with Gasteiger partial charge in [0.15, 0.2) is 11.6 Å². The minimum Gasteiger partial charge on any atom is -0.432 e. The van der Waals surface area contributed by atoms with Crippen LogP contribution in [0.1, 0.15) is 82.6 Å². The van der Waals surface area contributed by atoms with Crippen LogP contribution in [0.3, 0.4) is 0 Å². The average Bonchev–Trinajstić information content (AvgIpc) is 2.68. The molecule has 0 saturated heterocycles. The maximum absolute atomic E-state index is 14.1. The summed E-state index contributed by atoms with van der Waals surface area (Å²) in [5.74, 6) is 0.614. The molecule has 2 fully saturated rings. The van der Waals surface area contributed by atoms with Gasteiger partial charge in [-0.1, -0.05) is 32.3 Å². The molecule has 0 spiro atoms. The van der Waals surface area contributed by atoms with Crippen molar-refractivity contribution >= 4 is 0 Å². The van der Waals surface area contributed by atoms with E-state index < -0.39 is 12.4 Å². The molecule has 5 heteroatoms. The lowest BCUT2D eigenvalue weighted by molar-refractivity contribution is -0.0522. The molecule has 2 aliphatic rings. The van der Waals surface area contributed by atoms with Crippen molar-refractivity contribution in [2.24, 2.45) is 11.8 Å².